The quantitative estimate of drug-likeness (QED) is 0.474. The molecule has 0 atom stereocenters. The zero-order valence-electron chi connectivity index (χ0n) is 17.3. The lowest BCUT2D eigenvalue weighted by Crippen LogP contribution is -2.32. The Morgan fingerprint density at radius 2 is 1.66 bits per heavy atom. The first-order valence-electron chi connectivity index (χ1n) is 9.62. The first kappa shape index (κ1) is 21.8. The third-order valence-electron chi connectivity index (χ3n) is 4.74. The smallest absolute Gasteiger partial charge is 0.283 e. The van der Waals surface area contributed by atoms with Crippen molar-refractivity contribution in [3.63, 3.8) is 0 Å². The molecule has 8 heteroatoms. The molecule has 2 amide bonds. The molecular weight excluding hydrogens is 448 g/mol. The Kier molecular flexibility index (Phi) is 6.39. The lowest BCUT2D eigenvalue weighted by Gasteiger charge is -2.16. The van der Waals surface area contributed by atoms with Crippen LogP contribution in [-0.2, 0) is 9.59 Å². The molecule has 1 aliphatic heterocycles. The molecule has 4 rings (SSSR count). The SMILES string of the molecule is COc1ccc(OC)c(NC2=C(Sc3ccccc3)C(=O)N(c3cccc(Cl)c3)C2=O)c1. The van der Waals surface area contributed by atoms with Crippen molar-refractivity contribution in [3.8, 4) is 11.5 Å². The standard InChI is InChI=1S/C24H19ClN2O4S/c1-30-17-11-12-20(31-2)19(14-17)26-21-22(32-18-9-4-3-5-10-18)24(29)27(23(21)28)16-8-6-7-15(25)13-16/h3-14,26H,1-2H3. The van der Waals surface area contributed by atoms with Crippen molar-refractivity contribution in [3.05, 3.63) is 88.4 Å². The number of amides is 2. The van der Waals surface area contributed by atoms with E-state index in [4.69, 9.17) is 21.1 Å². The number of hydrogen-bond donors (Lipinski definition) is 1. The largest absolute Gasteiger partial charge is 0.497 e. The van der Waals surface area contributed by atoms with Gasteiger partial charge in [-0.2, -0.15) is 0 Å². The number of benzene rings is 3. The molecule has 6 nitrogen and oxygen atoms in total. The van der Waals surface area contributed by atoms with Gasteiger partial charge in [0.2, 0.25) is 0 Å². The number of carbonyl (C=O) groups excluding carboxylic acids is 2. The summed E-state index contributed by atoms with van der Waals surface area (Å²) < 4.78 is 10.7. The van der Waals surface area contributed by atoms with Gasteiger partial charge in [0.1, 0.15) is 22.1 Å². The van der Waals surface area contributed by atoms with Gasteiger partial charge in [-0.05, 0) is 42.5 Å². The minimum absolute atomic E-state index is 0.149. The van der Waals surface area contributed by atoms with Crippen LogP contribution in [-0.4, -0.2) is 26.0 Å². The van der Waals surface area contributed by atoms with E-state index in [0.717, 1.165) is 9.80 Å². The van der Waals surface area contributed by atoms with Gasteiger partial charge in [0.25, 0.3) is 11.8 Å². The van der Waals surface area contributed by atoms with Crippen molar-refractivity contribution in [2.45, 2.75) is 4.90 Å². The Morgan fingerprint density at radius 1 is 0.875 bits per heavy atom. The third-order valence-corrected chi connectivity index (χ3v) is 6.06. The molecule has 1 heterocycles. The minimum atomic E-state index is -0.486. The summed E-state index contributed by atoms with van der Waals surface area (Å²) in [5, 5.41) is 3.54. The van der Waals surface area contributed by atoms with E-state index in [2.05, 4.69) is 5.32 Å². The second-order valence-corrected chi connectivity index (χ2v) is 8.26. The van der Waals surface area contributed by atoms with Crippen molar-refractivity contribution in [2.75, 3.05) is 24.4 Å². The highest BCUT2D eigenvalue weighted by molar-refractivity contribution is 8.04. The third kappa shape index (κ3) is 4.30. The van der Waals surface area contributed by atoms with Crippen molar-refractivity contribution in [1.82, 2.24) is 0 Å². The first-order valence-corrected chi connectivity index (χ1v) is 10.8. The predicted octanol–water partition coefficient (Wildman–Crippen LogP) is 5.35. The molecule has 3 aromatic carbocycles. The van der Waals surface area contributed by atoms with Crippen LogP contribution in [0.15, 0.2) is 88.3 Å². The van der Waals surface area contributed by atoms with Gasteiger partial charge in [-0.25, -0.2) is 4.90 Å². The number of ether oxygens (including phenoxy) is 2. The van der Waals surface area contributed by atoms with Gasteiger partial charge < -0.3 is 14.8 Å². The molecule has 0 bridgehead atoms. The molecule has 0 saturated heterocycles. The van der Waals surface area contributed by atoms with Crippen LogP contribution in [0.25, 0.3) is 0 Å². The number of rotatable bonds is 7. The Labute approximate surface area is 194 Å². The van der Waals surface area contributed by atoms with E-state index < -0.39 is 11.8 Å². The highest BCUT2D eigenvalue weighted by Gasteiger charge is 2.40. The monoisotopic (exact) mass is 466 g/mol. The summed E-state index contributed by atoms with van der Waals surface area (Å²) in [4.78, 5) is 29.1. The average molecular weight is 467 g/mol. The second-order valence-electron chi connectivity index (χ2n) is 6.74. The van der Waals surface area contributed by atoms with Crippen LogP contribution in [0.1, 0.15) is 0 Å². The topological polar surface area (TPSA) is 67.9 Å². The summed E-state index contributed by atoms with van der Waals surface area (Å²) in [7, 11) is 3.08. The number of halogens is 1. The van der Waals surface area contributed by atoms with Crippen LogP contribution in [0.4, 0.5) is 11.4 Å². The summed E-state index contributed by atoms with van der Waals surface area (Å²) in [5.74, 6) is 0.162. The number of nitrogens with zero attached hydrogens (tertiary/aromatic N) is 1. The van der Waals surface area contributed by atoms with E-state index in [-0.39, 0.29) is 10.6 Å². The Morgan fingerprint density at radius 3 is 2.34 bits per heavy atom. The molecule has 162 valence electrons. The maximum atomic E-state index is 13.4. The molecule has 0 aliphatic carbocycles. The molecule has 0 fully saturated rings. The molecule has 1 aliphatic rings. The van der Waals surface area contributed by atoms with Gasteiger partial charge in [-0.1, -0.05) is 47.6 Å². The molecular formula is C24H19ClN2O4S. The van der Waals surface area contributed by atoms with E-state index >= 15 is 0 Å². The summed E-state index contributed by atoms with van der Waals surface area (Å²) >= 11 is 7.33. The average Bonchev–Trinajstić information content (AvgIpc) is 3.03. The first-order chi connectivity index (χ1) is 15.5. The van der Waals surface area contributed by atoms with Crippen molar-refractivity contribution < 1.29 is 19.1 Å². The van der Waals surface area contributed by atoms with Crippen molar-refractivity contribution in [2.24, 2.45) is 0 Å². The molecule has 0 radical (unpaired) electrons. The van der Waals surface area contributed by atoms with Gasteiger partial charge in [0.15, 0.2) is 0 Å². The molecule has 0 unspecified atom stereocenters. The van der Waals surface area contributed by atoms with Crippen LogP contribution in [0, 0.1) is 0 Å². The summed E-state index contributed by atoms with van der Waals surface area (Å²) in [6, 6.07) is 21.2. The van der Waals surface area contributed by atoms with E-state index in [1.54, 1.807) is 49.6 Å². The van der Waals surface area contributed by atoms with Crippen molar-refractivity contribution >= 4 is 46.6 Å². The van der Waals surface area contributed by atoms with E-state index in [1.165, 1.54) is 18.9 Å². The fraction of sp³-hybridized carbons (Fsp3) is 0.0833. The Hall–Kier alpha value is -3.42. The second kappa shape index (κ2) is 9.38. The van der Waals surface area contributed by atoms with Crippen LogP contribution in [0.3, 0.4) is 0 Å². The predicted molar refractivity (Wildman–Crippen MR) is 126 cm³/mol. The number of imide groups is 1. The molecule has 32 heavy (non-hydrogen) atoms. The molecule has 3 aromatic rings. The number of thioether (sulfide) groups is 1. The van der Waals surface area contributed by atoms with Crippen LogP contribution >= 0.6 is 23.4 Å². The van der Waals surface area contributed by atoms with Gasteiger partial charge in [0.05, 0.1) is 25.6 Å². The van der Waals surface area contributed by atoms with Crippen LogP contribution in [0.2, 0.25) is 5.02 Å². The Balaban J connectivity index is 1.79. The highest BCUT2D eigenvalue weighted by atomic mass is 35.5. The van der Waals surface area contributed by atoms with Gasteiger partial charge >= 0.3 is 0 Å². The summed E-state index contributed by atoms with van der Waals surface area (Å²) in [6.07, 6.45) is 0. The highest BCUT2D eigenvalue weighted by Crippen LogP contribution is 2.40. The zero-order valence-corrected chi connectivity index (χ0v) is 18.9. The summed E-state index contributed by atoms with van der Waals surface area (Å²) in [5.41, 5.74) is 1.05. The van der Waals surface area contributed by atoms with Crippen LogP contribution in [0.5, 0.6) is 11.5 Å². The molecule has 0 spiro atoms. The number of methoxy groups -OCH3 is 2. The number of carbonyl (C=O) groups is 2. The molecule has 0 saturated carbocycles. The van der Waals surface area contributed by atoms with Crippen molar-refractivity contribution in [1.29, 1.82) is 0 Å². The van der Waals surface area contributed by atoms with E-state index in [0.29, 0.717) is 27.9 Å². The minimum Gasteiger partial charge on any atom is -0.497 e. The van der Waals surface area contributed by atoms with E-state index in [1.807, 2.05) is 30.3 Å². The van der Waals surface area contributed by atoms with E-state index in [9.17, 15) is 9.59 Å². The number of hydrogen-bond acceptors (Lipinski definition) is 6. The number of nitrogens with one attached hydrogen (secondary N) is 1. The van der Waals surface area contributed by atoms with Gasteiger partial charge in [-0.3, -0.25) is 9.59 Å². The molecule has 0 aromatic heterocycles. The maximum absolute atomic E-state index is 13.4. The van der Waals surface area contributed by atoms with Gasteiger partial charge in [-0.15, -0.1) is 0 Å². The lowest BCUT2D eigenvalue weighted by atomic mass is 10.2. The van der Waals surface area contributed by atoms with Crippen LogP contribution < -0.4 is 19.7 Å². The fourth-order valence-corrected chi connectivity index (χ4v) is 4.35. The molecule has 1 N–H and O–H groups in total. The normalized spacial score (nSPS) is 13.5. The van der Waals surface area contributed by atoms with Gasteiger partial charge in [0, 0.05) is 16.0 Å². The maximum Gasteiger partial charge on any atom is 0.283 e. The summed E-state index contributed by atoms with van der Waals surface area (Å²) in [6.45, 7) is 0. The zero-order chi connectivity index (χ0) is 22.7. The number of anilines is 2. The fourth-order valence-electron chi connectivity index (χ4n) is 3.22. The Bertz CT molecular complexity index is 1210. The lowest BCUT2D eigenvalue weighted by molar-refractivity contribution is -0.120.